The summed E-state index contributed by atoms with van der Waals surface area (Å²) >= 11 is 1.70. The second-order valence-electron chi connectivity index (χ2n) is 4.47. The van der Waals surface area contributed by atoms with Crippen molar-refractivity contribution in [3.63, 3.8) is 0 Å². The van der Waals surface area contributed by atoms with Crippen LogP contribution in [0.2, 0.25) is 0 Å². The standard InChI is InChI=1S/C14H19N3S/c1-3-17(4-2)10-16-14-12(9-15)11-7-5-6-8-13(11)18-14/h10H,3-8H2,1-2H3. The normalized spacial score (nSPS) is 14.5. The van der Waals surface area contributed by atoms with Crippen molar-refractivity contribution in [2.24, 2.45) is 4.99 Å². The Morgan fingerprint density at radius 1 is 1.33 bits per heavy atom. The molecule has 1 aliphatic rings. The zero-order valence-corrected chi connectivity index (χ0v) is 11.9. The van der Waals surface area contributed by atoms with Crippen LogP contribution >= 0.6 is 11.3 Å². The molecular formula is C14H19N3S. The molecule has 4 heteroatoms. The molecule has 0 spiro atoms. The molecule has 0 unspecified atom stereocenters. The third-order valence-electron chi connectivity index (χ3n) is 3.42. The van der Waals surface area contributed by atoms with Crippen molar-refractivity contribution in [2.45, 2.75) is 39.5 Å². The highest BCUT2D eigenvalue weighted by Crippen LogP contribution is 2.39. The number of nitrogens with zero attached hydrogens (tertiary/aromatic N) is 3. The topological polar surface area (TPSA) is 39.4 Å². The molecule has 1 aromatic heterocycles. The van der Waals surface area contributed by atoms with Crippen molar-refractivity contribution < 1.29 is 0 Å². The third kappa shape index (κ3) is 2.56. The smallest absolute Gasteiger partial charge is 0.136 e. The fourth-order valence-electron chi connectivity index (χ4n) is 2.28. The van der Waals surface area contributed by atoms with Gasteiger partial charge in [-0.05, 0) is 45.1 Å². The summed E-state index contributed by atoms with van der Waals surface area (Å²) in [5.41, 5.74) is 2.08. The first-order chi connectivity index (χ1) is 8.80. The summed E-state index contributed by atoms with van der Waals surface area (Å²) in [4.78, 5) is 8.04. The first-order valence-corrected chi connectivity index (χ1v) is 7.44. The number of fused-ring (bicyclic) bond motifs is 1. The third-order valence-corrected chi connectivity index (χ3v) is 4.61. The van der Waals surface area contributed by atoms with Crippen LogP contribution in [0.3, 0.4) is 0 Å². The zero-order valence-electron chi connectivity index (χ0n) is 11.1. The van der Waals surface area contributed by atoms with E-state index < -0.39 is 0 Å². The van der Waals surface area contributed by atoms with Gasteiger partial charge in [0.25, 0.3) is 0 Å². The molecule has 96 valence electrons. The van der Waals surface area contributed by atoms with E-state index in [4.69, 9.17) is 0 Å². The van der Waals surface area contributed by atoms with Crippen molar-refractivity contribution in [3.05, 3.63) is 16.0 Å². The van der Waals surface area contributed by atoms with Crippen LogP contribution in [0, 0.1) is 11.3 Å². The van der Waals surface area contributed by atoms with Crippen LogP contribution in [0.4, 0.5) is 5.00 Å². The number of aliphatic imine (C=N–C) groups is 1. The van der Waals surface area contributed by atoms with Gasteiger partial charge in [0.1, 0.15) is 11.1 Å². The molecule has 0 N–H and O–H groups in total. The second-order valence-corrected chi connectivity index (χ2v) is 5.55. The number of rotatable bonds is 4. The second kappa shape index (κ2) is 6.01. The minimum absolute atomic E-state index is 0.818. The van der Waals surface area contributed by atoms with E-state index in [0.29, 0.717) is 0 Å². The van der Waals surface area contributed by atoms with Gasteiger partial charge in [0.05, 0.1) is 11.9 Å². The van der Waals surface area contributed by atoms with E-state index in [-0.39, 0.29) is 0 Å². The predicted octanol–water partition coefficient (Wildman–Crippen LogP) is 3.50. The van der Waals surface area contributed by atoms with Crippen molar-refractivity contribution in [1.29, 1.82) is 5.26 Å². The summed E-state index contributed by atoms with van der Waals surface area (Å²) in [6.07, 6.45) is 6.50. The number of hydrogen-bond acceptors (Lipinski definition) is 3. The first kappa shape index (κ1) is 13.1. The molecule has 0 amide bonds. The summed E-state index contributed by atoms with van der Waals surface area (Å²) < 4.78 is 0. The van der Waals surface area contributed by atoms with Gasteiger partial charge in [0, 0.05) is 18.0 Å². The first-order valence-electron chi connectivity index (χ1n) is 6.63. The summed E-state index contributed by atoms with van der Waals surface area (Å²) in [5.74, 6) is 0. The maximum atomic E-state index is 9.31. The summed E-state index contributed by atoms with van der Waals surface area (Å²) in [6.45, 7) is 6.13. The SMILES string of the molecule is CCN(C=Nc1sc2c(c1C#N)CCCC2)CC. The Kier molecular flexibility index (Phi) is 4.38. The van der Waals surface area contributed by atoms with Crippen LogP contribution in [0.25, 0.3) is 0 Å². The monoisotopic (exact) mass is 261 g/mol. The molecule has 0 fully saturated rings. The zero-order chi connectivity index (χ0) is 13.0. The van der Waals surface area contributed by atoms with E-state index in [1.54, 1.807) is 11.3 Å². The lowest BCUT2D eigenvalue weighted by molar-refractivity contribution is 0.480. The lowest BCUT2D eigenvalue weighted by Crippen LogP contribution is -2.20. The van der Waals surface area contributed by atoms with Crippen molar-refractivity contribution in [2.75, 3.05) is 13.1 Å². The highest BCUT2D eigenvalue weighted by atomic mass is 32.1. The average Bonchev–Trinajstić information content (AvgIpc) is 2.77. The Balaban J connectivity index is 2.28. The van der Waals surface area contributed by atoms with Gasteiger partial charge in [-0.25, -0.2) is 4.99 Å². The maximum Gasteiger partial charge on any atom is 0.136 e. The molecule has 1 aliphatic carbocycles. The molecule has 1 heterocycles. The van der Waals surface area contributed by atoms with Gasteiger partial charge >= 0.3 is 0 Å². The molecular weight excluding hydrogens is 242 g/mol. The predicted molar refractivity (Wildman–Crippen MR) is 76.7 cm³/mol. The van der Waals surface area contributed by atoms with Crippen LogP contribution < -0.4 is 0 Å². The molecule has 0 saturated carbocycles. The van der Waals surface area contributed by atoms with Crippen LogP contribution in [0.5, 0.6) is 0 Å². The highest BCUT2D eigenvalue weighted by Gasteiger charge is 2.20. The Morgan fingerprint density at radius 3 is 2.72 bits per heavy atom. The van der Waals surface area contributed by atoms with E-state index in [9.17, 15) is 5.26 Å². The van der Waals surface area contributed by atoms with Gasteiger partial charge < -0.3 is 4.90 Å². The van der Waals surface area contributed by atoms with E-state index in [0.717, 1.165) is 36.5 Å². The number of hydrogen-bond donors (Lipinski definition) is 0. The Hall–Kier alpha value is -1.34. The van der Waals surface area contributed by atoms with Crippen LogP contribution in [0.1, 0.15) is 42.7 Å². The molecule has 0 saturated heterocycles. The van der Waals surface area contributed by atoms with Gasteiger partial charge in [0.2, 0.25) is 0 Å². The van der Waals surface area contributed by atoms with Crippen LogP contribution in [-0.2, 0) is 12.8 Å². The fraction of sp³-hybridized carbons (Fsp3) is 0.571. The number of thiophene rings is 1. The molecule has 18 heavy (non-hydrogen) atoms. The molecule has 2 rings (SSSR count). The lowest BCUT2D eigenvalue weighted by Gasteiger charge is -2.12. The van der Waals surface area contributed by atoms with Gasteiger partial charge in [-0.2, -0.15) is 5.26 Å². The lowest BCUT2D eigenvalue weighted by atomic mass is 9.96. The number of aryl methyl sites for hydroxylation is 1. The van der Waals surface area contributed by atoms with Gasteiger partial charge in [0.15, 0.2) is 0 Å². The maximum absolute atomic E-state index is 9.31. The molecule has 0 aromatic carbocycles. The summed E-state index contributed by atoms with van der Waals surface area (Å²) in [5, 5.41) is 10.2. The largest absolute Gasteiger partial charge is 0.363 e. The Bertz CT molecular complexity index is 478. The average molecular weight is 261 g/mol. The van der Waals surface area contributed by atoms with Crippen LogP contribution in [-0.4, -0.2) is 24.3 Å². The summed E-state index contributed by atoms with van der Waals surface area (Å²) in [7, 11) is 0. The molecule has 3 nitrogen and oxygen atoms in total. The molecule has 0 atom stereocenters. The Labute approximate surface area is 113 Å². The fourth-order valence-corrected chi connectivity index (χ4v) is 3.46. The van der Waals surface area contributed by atoms with Gasteiger partial charge in [-0.15, -0.1) is 11.3 Å². The van der Waals surface area contributed by atoms with E-state index in [1.807, 2.05) is 6.34 Å². The molecule has 0 aliphatic heterocycles. The Morgan fingerprint density at radius 2 is 2.06 bits per heavy atom. The molecule has 0 radical (unpaired) electrons. The van der Waals surface area contributed by atoms with E-state index in [1.165, 1.54) is 23.3 Å². The minimum Gasteiger partial charge on any atom is -0.363 e. The summed E-state index contributed by atoms with van der Waals surface area (Å²) in [6, 6.07) is 2.34. The van der Waals surface area contributed by atoms with Crippen molar-refractivity contribution in [1.82, 2.24) is 4.90 Å². The van der Waals surface area contributed by atoms with Crippen molar-refractivity contribution >= 4 is 22.7 Å². The van der Waals surface area contributed by atoms with Crippen LogP contribution in [0.15, 0.2) is 4.99 Å². The quantitative estimate of drug-likeness (QED) is 0.614. The molecule has 0 bridgehead atoms. The van der Waals surface area contributed by atoms with Gasteiger partial charge in [-0.3, -0.25) is 0 Å². The molecule has 1 aromatic rings. The highest BCUT2D eigenvalue weighted by molar-refractivity contribution is 7.16. The van der Waals surface area contributed by atoms with Gasteiger partial charge in [-0.1, -0.05) is 0 Å². The number of nitriles is 1. The minimum atomic E-state index is 0.818. The van der Waals surface area contributed by atoms with E-state index >= 15 is 0 Å². The van der Waals surface area contributed by atoms with Crippen molar-refractivity contribution in [3.8, 4) is 6.07 Å². The van der Waals surface area contributed by atoms with E-state index in [2.05, 4.69) is 29.8 Å².